The second-order valence-electron chi connectivity index (χ2n) is 23.0. The highest BCUT2D eigenvalue weighted by Gasteiger charge is 2.47. The molecule has 464 valence electrons. The van der Waals surface area contributed by atoms with Gasteiger partial charge in [-0.25, -0.2) is 0 Å². The van der Waals surface area contributed by atoms with Crippen LogP contribution in [0.15, 0.2) is 72.9 Å². The molecule has 1 rings (SSSR count). The van der Waals surface area contributed by atoms with Crippen molar-refractivity contribution in [1.29, 1.82) is 0 Å². The lowest BCUT2D eigenvalue weighted by molar-refractivity contribution is -0.305. The van der Waals surface area contributed by atoms with Crippen LogP contribution >= 0.6 is 0 Å². The van der Waals surface area contributed by atoms with E-state index in [9.17, 15) is 35.1 Å². The third kappa shape index (κ3) is 43.7. The van der Waals surface area contributed by atoms with E-state index in [0.717, 1.165) is 51.4 Å². The van der Waals surface area contributed by atoms with Gasteiger partial charge in [0.25, 0.3) is 0 Å². The first kappa shape index (κ1) is 75.1. The van der Waals surface area contributed by atoms with Gasteiger partial charge in [0.15, 0.2) is 12.4 Å². The molecule has 0 bridgehead atoms. The van der Waals surface area contributed by atoms with Gasteiger partial charge in [-0.05, 0) is 38.5 Å². The number of carbonyl (C=O) groups excluding carboxylic acids is 2. The van der Waals surface area contributed by atoms with E-state index in [1.165, 1.54) is 193 Å². The van der Waals surface area contributed by atoms with Gasteiger partial charge < -0.3 is 45.1 Å². The van der Waals surface area contributed by atoms with Crippen molar-refractivity contribution in [2.45, 2.75) is 339 Å². The minimum Gasteiger partial charge on any atom is -0.454 e. The summed E-state index contributed by atoms with van der Waals surface area (Å²) in [6.45, 7) is 5.61. The largest absolute Gasteiger partial charge is 0.454 e. The SMILES string of the molecule is CC/C=C/C=C/C=C\C=C/C=C/CCC(O)C(=O)NC(COC1OC(CO)C(O)C(O)C1OC(=O)CCCCCCCCCCCCCCCCCCCCCCCCCCCCC)C(O)/C=C/CCCCCCCCCCCC. The van der Waals surface area contributed by atoms with E-state index in [2.05, 4.69) is 32.2 Å². The summed E-state index contributed by atoms with van der Waals surface area (Å²) in [5, 5.41) is 56.8. The van der Waals surface area contributed by atoms with Gasteiger partial charge in [-0.15, -0.1) is 0 Å². The van der Waals surface area contributed by atoms with Crippen LogP contribution < -0.4 is 5.32 Å². The fraction of sp³-hybridized carbons (Fsp3) is 0.797. The van der Waals surface area contributed by atoms with Crippen molar-refractivity contribution in [3.05, 3.63) is 72.9 Å². The first-order valence-electron chi connectivity index (χ1n) is 33.3. The van der Waals surface area contributed by atoms with E-state index < -0.39 is 67.4 Å². The zero-order chi connectivity index (χ0) is 58.2. The first-order chi connectivity index (χ1) is 39.2. The van der Waals surface area contributed by atoms with Gasteiger partial charge >= 0.3 is 5.97 Å². The summed E-state index contributed by atoms with van der Waals surface area (Å²) in [4.78, 5) is 26.5. The topological polar surface area (TPSA) is 175 Å². The molecule has 8 unspecified atom stereocenters. The van der Waals surface area contributed by atoms with Gasteiger partial charge in [-0.2, -0.15) is 0 Å². The lowest BCUT2D eigenvalue weighted by atomic mass is 9.99. The number of amides is 1. The van der Waals surface area contributed by atoms with E-state index in [4.69, 9.17) is 14.2 Å². The highest BCUT2D eigenvalue weighted by atomic mass is 16.7. The van der Waals surface area contributed by atoms with Gasteiger partial charge in [0, 0.05) is 6.42 Å². The quantitative estimate of drug-likeness (QED) is 0.0149. The van der Waals surface area contributed by atoms with Crippen LogP contribution in [0.5, 0.6) is 0 Å². The number of esters is 1. The molecule has 1 saturated heterocycles. The van der Waals surface area contributed by atoms with Gasteiger partial charge in [0.05, 0.1) is 25.4 Å². The van der Waals surface area contributed by atoms with Crippen molar-refractivity contribution in [2.24, 2.45) is 0 Å². The second-order valence-corrected chi connectivity index (χ2v) is 23.0. The highest BCUT2D eigenvalue weighted by Crippen LogP contribution is 2.26. The van der Waals surface area contributed by atoms with Crippen LogP contribution in [0.2, 0.25) is 0 Å². The molecule has 0 aliphatic carbocycles. The van der Waals surface area contributed by atoms with Gasteiger partial charge in [-0.1, -0.05) is 318 Å². The maximum atomic E-state index is 13.3. The van der Waals surface area contributed by atoms with Crippen molar-refractivity contribution in [1.82, 2.24) is 5.32 Å². The van der Waals surface area contributed by atoms with E-state index in [1.807, 2.05) is 60.8 Å². The summed E-state index contributed by atoms with van der Waals surface area (Å²) >= 11 is 0. The number of aliphatic hydroxyl groups is 5. The monoisotopic (exact) mass is 1130 g/mol. The summed E-state index contributed by atoms with van der Waals surface area (Å²) in [5.41, 5.74) is 0. The lowest BCUT2D eigenvalue weighted by Gasteiger charge is -2.41. The molecule has 1 heterocycles. The molecule has 1 aliphatic heterocycles. The zero-order valence-corrected chi connectivity index (χ0v) is 51.4. The molecule has 80 heavy (non-hydrogen) atoms. The van der Waals surface area contributed by atoms with Crippen molar-refractivity contribution in [3.8, 4) is 0 Å². The Morgan fingerprint density at radius 3 is 1.32 bits per heavy atom. The van der Waals surface area contributed by atoms with E-state index in [-0.39, 0.29) is 19.4 Å². The third-order valence-electron chi connectivity index (χ3n) is 15.5. The van der Waals surface area contributed by atoms with E-state index in [1.54, 1.807) is 6.08 Å². The molecule has 0 aromatic heterocycles. The Labute approximate surface area is 490 Å². The zero-order valence-electron chi connectivity index (χ0n) is 51.4. The summed E-state index contributed by atoms with van der Waals surface area (Å²) in [6.07, 6.45) is 62.8. The molecular weight excluding hydrogens is 1000 g/mol. The molecule has 8 atom stereocenters. The molecule has 0 radical (unpaired) electrons. The average Bonchev–Trinajstić information content (AvgIpc) is 3.46. The van der Waals surface area contributed by atoms with Crippen molar-refractivity contribution in [2.75, 3.05) is 13.2 Å². The Hall–Kier alpha value is -2.90. The standard InChI is InChI=1S/C69H123NO10/c1-4-7-10-13-16-19-22-25-26-27-28-29-30-31-32-33-34-35-36-37-38-39-42-45-48-51-54-57-64(74)80-67-66(76)65(75)63(58-71)79-69(67)78-59-60(61(72)55-52-49-46-43-40-23-20-17-14-11-8-5-2)70-68(77)62(73)56-53-50-47-44-41-24-21-18-15-12-9-6-3/h9,12,15,18,21,24,41,44,47,50,52,55,60-63,65-67,69,71-73,75-76H,4-8,10-11,13-14,16-17,19-20,22-23,25-40,42-43,45-46,48-49,51,53-54,56-59H2,1-3H3,(H,70,77)/b12-9+,18-15+,24-21-,44-41-,50-47+,55-52+. The lowest BCUT2D eigenvalue weighted by Crippen LogP contribution is -2.61. The van der Waals surface area contributed by atoms with E-state index >= 15 is 0 Å². The Bertz CT molecular complexity index is 1580. The Morgan fingerprint density at radius 2 is 0.900 bits per heavy atom. The first-order valence-corrected chi connectivity index (χ1v) is 33.3. The summed E-state index contributed by atoms with van der Waals surface area (Å²) in [5.74, 6) is -1.27. The molecule has 6 N–H and O–H groups in total. The molecule has 11 heteroatoms. The minimum absolute atomic E-state index is 0.116. The van der Waals surface area contributed by atoms with Crippen LogP contribution in [0, 0.1) is 0 Å². The van der Waals surface area contributed by atoms with Crippen molar-refractivity contribution in [3.63, 3.8) is 0 Å². The number of aliphatic hydroxyl groups excluding tert-OH is 5. The number of hydrogen-bond acceptors (Lipinski definition) is 10. The number of ether oxygens (including phenoxy) is 3. The van der Waals surface area contributed by atoms with Crippen molar-refractivity contribution >= 4 is 11.9 Å². The average molecular weight is 1130 g/mol. The number of unbranched alkanes of at least 4 members (excludes halogenated alkanes) is 36. The minimum atomic E-state index is -1.63. The fourth-order valence-electron chi connectivity index (χ4n) is 10.3. The maximum absolute atomic E-state index is 13.3. The maximum Gasteiger partial charge on any atom is 0.306 e. The Kier molecular flexibility index (Phi) is 53.1. The van der Waals surface area contributed by atoms with Crippen LogP contribution in [0.4, 0.5) is 0 Å². The van der Waals surface area contributed by atoms with Crippen LogP contribution in [0.25, 0.3) is 0 Å². The van der Waals surface area contributed by atoms with Gasteiger partial charge in [0.2, 0.25) is 5.91 Å². The number of hydrogen-bond donors (Lipinski definition) is 6. The molecule has 1 fully saturated rings. The molecule has 0 aromatic rings. The molecule has 0 saturated carbocycles. The number of rotatable bonds is 56. The Balaban J connectivity index is 2.54. The Morgan fingerprint density at radius 1 is 0.500 bits per heavy atom. The third-order valence-corrected chi connectivity index (χ3v) is 15.5. The van der Waals surface area contributed by atoms with Crippen LogP contribution in [-0.2, 0) is 23.8 Å². The van der Waals surface area contributed by atoms with Gasteiger partial charge in [0.1, 0.15) is 24.4 Å². The molecule has 1 amide bonds. The van der Waals surface area contributed by atoms with Crippen molar-refractivity contribution < 1.29 is 49.3 Å². The molecule has 1 aliphatic rings. The number of nitrogens with one attached hydrogen (secondary N) is 1. The molecule has 11 nitrogen and oxygen atoms in total. The number of allylic oxidation sites excluding steroid dienone is 11. The normalized spacial score (nSPS) is 19.2. The highest BCUT2D eigenvalue weighted by molar-refractivity contribution is 5.80. The summed E-state index contributed by atoms with van der Waals surface area (Å²) in [6, 6.07) is -1.06. The predicted molar refractivity (Wildman–Crippen MR) is 333 cm³/mol. The van der Waals surface area contributed by atoms with E-state index in [0.29, 0.717) is 12.8 Å². The summed E-state index contributed by atoms with van der Waals surface area (Å²) < 4.78 is 17.6. The number of carbonyl (C=O) groups is 2. The van der Waals surface area contributed by atoms with Crippen LogP contribution in [0.3, 0.4) is 0 Å². The van der Waals surface area contributed by atoms with Gasteiger partial charge in [-0.3, -0.25) is 9.59 Å². The molecule has 0 aromatic carbocycles. The smallest absolute Gasteiger partial charge is 0.306 e. The predicted octanol–water partition coefficient (Wildman–Crippen LogP) is 16.3. The van der Waals surface area contributed by atoms with Crippen LogP contribution in [0.1, 0.15) is 290 Å². The molecule has 0 spiro atoms. The fourth-order valence-corrected chi connectivity index (χ4v) is 10.3. The van der Waals surface area contributed by atoms with Crippen LogP contribution in [-0.4, -0.2) is 99.6 Å². The summed E-state index contributed by atoms with van der Waals surface area (Å²) in [7, 11) is 0. The second kappa shape index (κ2) is 56.6. The molecular formula is C69H123NO10.